The van der Waals surface area contributed by atoms with Gasteiger partial charge in [-0.3, -0.25) is 0 Å². The molecule has 0 spiro atoms. The van der Waals surface area contributed by atoms with E-state index in [-0.39, 0.29) is 11.5 Å². The molecule has 2 aliphatic rings. The van der Waals surface area contributed by atoms with Crippen LogP contribution in [0.15, 0.2) is 199 Å². The maximum Gasteiger partial charge on any atom is 0.143 e. The molecule has 0 radical (unpaired) electrons. The molecule has 3 heteroatoms. The first-order valence-electron chi connectivity index (χ1n) is 20.9. The molecular formula is C57H41NOS. The summed E-state index contributed by atoms with van der Waals surface area (Å²) in [4.78, 5) is 2.49. The second-order valence-electron chi connectivity index (χ2n) is 16.8. The molecule has 0 aliphatic heterocycles. The van der Waals surface area contributed by atoms with Gasteiger partial charge in [-0.15, -0.1) is 11.3 Å². The molecule has 286 valence electrons. The number of benzene rings is 8. The van der Waals surface area contributed by atoms with Gasteiger partial charge in [-0.1, -0.05) is 178 Å². The Labute approximate surface area is 354 Å². The van der Waals surface area contributed by atoms with Crippen molar-refractivity contribution >= 4 is 70.4 Å². The molecule has 2 heterocycles. The third kappa shape index (κ3) is 5.39. The first-order chi connectivity index (χ1) is 29.5. The van der Waals surface area contributed by atoms with Crippen molar-refractivity contribution in [1.82, 2.24) is 0 Å². The van der Waals surface area contributed by atoms with Crippen molar-refractivity contribution < 1.29 is 4.42 Å². The van der Waals surface area contributed by atoms with Gasteiger partial charge in [0.25, 0.3) is 0 Å². The number of hydrogen-bond acceptors (Lipinski definition) is 3. The van der Waals surface area contributed by atoms with Gasteiger partial charge in [0.05, 0.1) is 6.04 Å². The van der Waals surface area contributed by atoms with Gasteiger partial charge in [0, 0.05) is 58.9 Å². The van der Waals surface area contributed by atoms with E-state index in [1.54, 1.807) is 0 Å². The molecule has 2 aromatic heterocycles. The molecule has 0 amide bonds. The largest absolute Gasteiger partial charge is 0.455 e. The molecule has 2 aliphatic carbocycles. The highest BCUT2D eigenvalue weighted by Gasteiger charge is 2.37. The van der Waals surface area contributed by atoms with Crippen molar-refractivity contribution in [3.63, 3.8) is 0 Å². The van der Waals surface area contributed by atoms with Crippen LogP contribution in [0.1, 0.15) is 37.0 Å². The van der Waals surface area contributed by atoms with Crippen LogP contribution in [0, 0.1) is 0 Å². The van der Waals surface area contributed by atoms with Crippen LogP contribution in [-0.2, 0) is 5.41 Å². The van der Waals surface area contributed by atoms with Crippen LogP contribution < -0.4 is 4.90 Å². The monoisotopic (exact) mass is 787 g/mol. The van der Waals surface area contributed by atoms with Gasteiger partial charge in [0.2, 0.25) is 0 Å². The number of para-hydroxylation sites is 1. The van der Waals surface area contributed by atoms with E-state index < -0.39 is 0 Å². The number of hydrogen-bond donors (Lipinski definition) is 0. The smallest absolute Gasteiger partial charge is 0.143 e. The summed E-state index contributed by atoms with van der Waals surface area (Å²) in [5.74, 6) is 0. The van der Waals surface area contributed by atoms with Crippen molar-refractivity contribution in [3.8, 4) is 33.4 Å². The number of nitrogens with zero attached hydrogens (tertiary/aromatic N) is 1. The maximum absolute atomic E-state index is 6.99. The first-order valence-corrected chi connectivity index (χ1v) is 21.8. The van der Waals surface area contributed by atoms with Gasteiger partial charge >= 0.3 is 0 Å². The number of allylic oxidation sites excluding steroid dienone is 2. The normalized spacial score (nSPS) is 15.4. The first kappa shape index (κ1) is 35.0. The molecule has 1 atom stereocenters. The molecule has 60 heavy (non-hydrogen) atoms. The fourth-order valence-corrected chi connectivity index (χ4v) is 11.3. The third-order valence-electron chi connectivity index (χ3n) is 13.0. The van der Waals surface area contributed by atoms with Crippen LogP contribution in [0.2, 0.25) is 0 Å². The lowest BCUT2D eigenvalue weighted by Crippen LogP contribution is -2.30. The zero-order valence-electron chi connectivity index (χ0n) is 33.5. The van der Waals surface area contributed by atoms with E-state index in [1.807, 2.05) is 11.3 Å². The number of thiophene rings is 1. The predicted octanol–water partition coefficient (Wildman–Crippen LogP) is 16.1. The Morgan fingerprint density at radius 2 is 1.15 bits per heavy atom. The third-order valence-corrected chi connectivity index (χ3v) is 14.3. The van der Waals surface area contributed by atoms with E-state index in [2.05, 4.69) is 213 Å². The Morgan fingerprint density at radius 3 is 1.92 bits per heavy atom. The van der Waals surface area contributed by atoms with Crippen molar-refractivity contribution in [3.05, 3.63) is 211 Å². The average molecular weight is 788 g/mol. The second kappa shape index (κ2) is 13.6. The van der Waals surface area contributed by atoms with Crippen LogP contribution >= 0.6 is 11.3 Å². The van der Waals surface area contributed by atoms with Gasteiger partial charge in [0.1, 0.15) is 11.2 Å². The summed E-state index contributed by atoms with van der Waals surface area (Å²) >= 11 is 1.88. The average Bonchev–Trinajstić information content (AvgIpc) is 3.95. The molecule has 2 nitrogen and oxygen atoms in total. The summed E-state index contributed by atoms with van der Waals surface area (Å²) in [7, 11) is 0. The SMILES string of the molecule is CC1(C)c2ccccc2-c2c1ccc1c2oc2c(-c3ccc(N(c4ccc(-c5cccc6c5sc5ccccc56)cc4)C4C=CC(c5ccccc5)=CC4)cc3)cccc21. The van der Waals surface area contributed by atoms with Crippen LogP contribution in [0.5, 0.6) is 0 Å². The second-order valence-corrected chi connectivity index (χ2v) is 17.8. The molecule has 12 rings (SSSR count). The highest BCUT2D eigenvalue weighted by Crippen LogP contribution is 2.53. The number of furan rings is 1. The molecular weight excluding hydrogens is 747 g/mol. The molecule has 1 unspecified atom stereocenters. The van der Waals surface area contributed by atoms with Crippen molar-refractivity contribution in [1.29, 1.82) is 0 Å². The van der Waals surface area contributed by atoms with Gasteiger partial charge in [-0.2, -0.15) is 0 Å². The summed E-state index contributed by atoms with van der Waals surface area (Å²) in [6, 6.07) is 64.5. The molecule has 0 bridgehead atoms. The van der Waals surface area contributed by atoms with Crippen LogP contribution in [0.3, 0.4) is 0 Å². The zero-order chi connectivity index (χ0) is 40.0. The van der Waals surface area contributed by atoms with Crippen LogP contribution in [0.25, 0.3) is 81.1 Å². The minimum Gasteiger partial charge on any atom is -0.455 e. The van der Waals surface area contributed by atoms with Crippen molar-refractivity contribution in [2.45, 2.75) is 31.7 Å². The summed E-state index contributed by atoms with van der Waals surface area (Å²) in [5, 5.41) is 4.97. The van der Waals surface area contributed by atoms with E-state index in [9.17, 15) is 0 Å². The van der Waals surface area contributed by atoms with E-state index in [4.69, 9.17) is 4.42 Å². The number of fused-ring (bicyclic) bond motifs is 10. The molecule has 8 aromatic carbocycles. The lowest BCUT2D eigenvalue weighted by atomic mass is 9.82. The predicted molar refractivity (Wildman–Crippen MR) is 256 cm³/mol. The summed E-state index contributed by atoms with van der Waals surface area (Å²) in [5.41, 5.74) is 16.6. The van der Waals surface area contributed by atoms with E-state index in [1.165, 1.54) is 70.1 Å². The topological polar surface area (TPSA) is 16.4 Å². The summed E-state index contributed by atoms with van der Waals surface area (Å²) in [6.07, 6.45) is 7.94. The molecule has 10 aromatic rings. The molecule has 0 saturated carbocycles. The molecule has 0 N–H and O–H groups in total. The molecule has 0 fully saturated rings. The van der Waals surface area contributed by atoms with Gasteiger partial charge in [-0.25, -0.2) is 0 Å². The highest BCUT2D eigenvalue weighted by atomic mass is 32.1. The Morgan fingerprint density at radius 1 is 0.517 bits per heavy atom. The standard InChI is InChI=1S/C57H41NOS/c1-57(2)50-20-8-6-15-49(50)53-51(57)35-34-47-46-18-10-16-43(54(46)59-55(47)53)38-24-30-41(31-25-38)58(40-28-22-37(23-29-40)36-12-4-3-5-13-36)42-32-26-39(27-33-42)44-17-11-19-48-45-14-7-9-21-52(45)60-56(44)48/h3-28,30-35,40H,29H2,1-2H3. The number of rotatable bonds is 6. The van der Waals surface area contributed by atoms with Crippen LogP contribution in [0.4, 0.5) is 11.4 Å². The Balaban J connectivity index is 0.932. The molecule has 0 saturated heterocycles. The van der Waals surface area contributed by atoms with E-state index in [0.29, 0.717) is 0 Å². The lowest BCUT2D eigenvalue weighted by molar-refractivity contribution is 0.653. The fourth-order valence-electron chi connectivity index (χ4n) is 10.0. The Bertz CT molecular complexity index is 3360. The zero-order valence-corrected chi connectivity index (χ0v) is 34.3. The quantitative estimate of drug-likeness (QED) is 0.167. The lowest BCUT2D eigenvalue weighted by Gasteiger charge is -2.33. The fraction of sp³-hybridized carbons (Fsp3) is 0.0877. The highest BCUT2D eigenvalue weighted by molar-refractivity contribution is 7.26. The summed E-state index contributed by atoms with van der Waals surface area (Å²) < 4.78 is 9.65. The van der Waals surface area contributed by atoms with E-state index >= 15 is 0 Å². The van der Waals surface area contributed by atoms with Crippen LogP contribution in [-0.4, -0.2) is 6.04 Å². The Hall–Kier alpha value is -6.94. The summed E-state index contributed by atoms with van der Waals surface area (Å²) in [6.45, 7) is 4.65. The number of anilines is 2. The van der Waals surface area contributed by atoms with Gasteiger partial charge in [0.15, 0.2) is 0 Å². The Kier molecular flexibility index (Phi) is 7.92. The van der Waals surface area contributed by atoms with Gasteiger partial charge in [-0.05, 0) is 81.3 Å². The van der Waals surface area contributed by atoms with Crippen molar-refractivity contribution in [2.24, 2.45) is 0 Å². The van der Waals surface area contributed by atoms with Gasteiger partial charge < -0.3 is 9.32 Å². The van der Waals surface area contributed by atoms with Crippen molar-refractivity contribution in [2.75, 3.05) is 4.90 Å². The minimum absolute atomic E-state index is 0.0798. The maximum atomic E-state index is 6.99. The van der Waals surface area contributed by atoms with E-state index in [0.717, 1.165) is 45.5 Å². The minimum atomic E-state index is -0.0798.